The molecule has 0 amide bonds. The molecular weight excluding hydrogens is 356 g/mol. The Morgan fingerprint density at radius 1 is 1.54 bits per heavy atom. The maximum Gasteiger partial charge on any atom is 0.349 e. The Morgan fingerprint density at radius 3 is 3.23 bits per heavy atom. The second kappa shape index (κ2) is 6.89. The van der Waals surface area contributed by atoms with Gasteiger partial charge in [-0.25, -0.2) is 14.3 Å². The van der Waals surface area contributed by atoms with Gasteiger partial charge in [0.05, 0.1) is 26.0 Å². The second-order valence-electron chi connectivity index (χ2n) is 5.92. The Kier molecular flexibility index (Phi) is 4.43. The number of anilines is 3. The minimum atomic E-state index is -0.422. The Bertz CT molecular complexity index is 939. The summed E-state index contributed by atoms with van der Waals surface area (Å²) in [6.07, 6.45) is 5.23. The van der Waals surface area contributed by atoms with Crippen molar-refractivity contribution in [2.24, 2.45) is 0 Å². The van der Waals surface area contributed by atoms with Gasteiger partial charge >= 0.3 is 5.97 Å². The predicted octanol–water partition coefficient (Wildman–Crippen LogP) is 1.68. The number of fused-ring (bicyclic) bond motifs is 1. The van der Waals surface area contributed by atoms with Gasteiger partial charge < -0.3 is 20.1 Å². The molecule has 10 heteroatoms. The number of esters is 1. The zero-order chi connectivity index (χ0) is 18.1. The molecule has 0 aromatic carbocycles. The van der Waals surface area contributed by atoms with Crippen molar-refractivity contribution in [2.45, 2.75) is 18.9 Å². The summed E-state index contributed by atoms with van der Waals surface area (Å²) in [7, 11) is 1.34. The number of hydrogen-bond donors (Lipinski definition) is 2. The molecule has 0 bridgehead atoms. The molecule has 26 heavy (non-hydrogen) atoms. The Balaban J connectivity index is 1.69. The highest BCUT2D eigenvalue weighted by atomic mass is 32.1. The molecule has 1 fully saturated rings. The molecule has 1 aliphatic rings. The summed E-state index contributed by atoms with van der Waals surface area (Å²) in [6.45, 7) is 0.881. The van der Waals surface area contributed by atoms with E-state index in [2.05, 4.69) is 20.4 Å². The molecule has 4 heterocycles. The van der Waals surface area contributed by atoms with Crippen LogP contribution >= 0.6 is 11.3 Å². The van der Waals surface area contributed by atoms with E-state index in [1.165, 1.54) is 24.6 Å². The molecule has 0 radical (unpaired) electrons. The number of hydrogen-bond acceptors (Lipinski definition) is 9. The van der Waals surface area contributed by atoms with E-state index in [1.807, 2.05) is 23.2 Å². The van der Waals surface area contributed by atoms with E-state index < -0.39 is 5.97 Å². The largest absolute Gasteiger partial charge is 0.465 e. The van der Waals surface area contributed by atoms with Crippen molar-refractivity contribution >= 4 is 39.7 Å². The van der Waals surface area contributed by atoms with Crippen LogP contribution in [-0.2, 0) is 4.74 Å². The number of aromatic nitrogens is 4. The van der Waals surface area contributed by atoms with Gasteiger partial charge in [-0.1, -0.05) is 11.3 Å². The molecule has 3 aromatic heterocycles. The number of rotatable bonds is 5. The van der Waals surface area contributed by atoms with Gasteiger partial charge in [0.2, 0.25) is 5.95 Å². The third-order valence-corrected chi connectivity index (χ3v) is 5.23. The highest BCUT2D eigenvalue weighted by Gasteiger charge is 2.27. The smallest absolute Gasteiger partial charge is 0.349 e. The van der Waals surface area contributed by atoms with Crippen molar-refractivity contribution in [3.05, 3.63) is 29.4 Å². The molecule has 3 aromatic rings. The van der Waals surface area contributed by atoms with E-state index >= 15 is 0 Å². The van der Waals surface area contributed by atoms with Crippen LogP contribution in [0.4, 0.5) is 16.9 Å². The molecule has 0 spiro atoms. The first-order valence-electron chi connectivity index (χ1n) is 8.23. The van der Waals surface area contributed by atoms with Gasteiger partial charge in [-0.15, -0.1) is 5.10 Å². The third-order valence-electron chi connectivity index (χ3n) is 4.34. The number of nitrogens with one attached hydrogen (secondary N) is 1. The van der Waals surface area contributed by atoms with Crippen molar-refractivity contribution < 1.29 is 14.6 Å². The number of carbonyl (C=O) groups is 1. The van der Waals surface area contributed by atoms with Gasteiger partial charge in [0.25, 0.3) is 0 Å². The van der Waals surface area contributed by atoms with Crippen LogP contribution in [0.3, 0.4) is 0 Å². The summed E-state index contributed by atoms with van der Waals surface area (Å²) in [6, 6.07) is 3.81. The molecule has 0 aliphatic carbocycles. The first kappa shape index (κ1) is 16.7. The number of carbonyl (C=O) groups excluding carboxylic acids is 1. The minimum Gasteiger partial charge on any atom is -0.465 e. The lowest BCUT2D eigenvalue weighted by atomic mass is 10.2. The lowest BCUT2D eigenvalue weighted by Crippen LogP contribution is -2.34. The molecule has 1 aliphatic heterocycles. The molecule has 9 nitrogen and oxygen atoms in total. The number of nitrogens with zero attached hydrogens (tertiary/aromatic N) is 5. The molecule has 1 atom stereocenters. The van der Waals surface area contributed by atoms with E-state index in [1.54, 1.807) is 4.52 Å². The molecule has 1 unspecified atom stereocenters. The second-order valence-corrected chi connectivity index (χ2v) is 6.95. The molecule has 0 saturated carbocycles. The number of ether oxygens (including phenoxy) is 1. The van der Waals surface area contributed by atoms with Crippen LogP contribution in [0.15, 0.2) is 24.5 Å². The van der Waals surface area contributed by atoms with Gasteiger partial charge in [0, 0.05) is 12.7 Å². The topological polar surface area (TPSA) is 105 Å². The van der Waals surface area contributed by atoms with Crippen LogP contribution in [0, 0.1) is 0 Å². The quantitative estimate of drug-likeness (QED) is 0.650. The normalized spacial score (nSPS) is 17.0. The fourth-order valence-corrected chi connectivity index (χ4v) is 3.79. The fourth-order valence-electron chi connectivity index (χ4n) is 3.05. The number of methoxy groups -OCH3 is 1. The van der Waals surface area contributed by atoms with Crippen LogP contribution in [0.25, 0.3) is 5.52 Å². The highest BCUT2D eigenvalue weighted by Crippen LogP contribution is 2.28. The summed E-state index contributed by atoms with van der Waals surface area (Å²) in [5.74, 6) is 0.724. The molecule has 1 saturated heterocycles. The van der Waals surface area contributed by atoms with Gasteiger partial charge in [-0.3, -0.25) is 0 Å². The van der Waals surface area contributed by atoms with Crippen molar-refractivity contribution in [1.82, 2.24) is 19.6 Å². The van der Waals surface area contributed by atoms with Crippen LogP contribution in [0.5, 0.6) is 0 Å². The Labute approximate surface area is 153 Å². The zero-order valence-electron chi connectivity index (χ0n) is 14.1. The van der Waals surface area contributed by atoms with Gasteiger partial charge in [-0.05, 0) is 25.0 Å². The van der Waals surface area contributed by atoms with Crippen LogP contribution < -0.4 is 10.2 Å². The van der Waals surface area contributed by atoms with Crippen molar-refractivity contribution in [1.29, 1.82) is 0 Å². The van der Waals surface area contributed by atoms with Crippen molar-refractivity contribution in [3.63, 3.8) is 0 Å². The van der Waals surface area contributed by atoms with E-state index in [-0.39, 0.29) is 12.6 Å². The fraction of sp³-hybridized carbons (Fsp3) is 0.375. The lowest BCUT2D eigenvalue weighted by molar-refractivity contribution is 0.0606. The molecule has 2 N–H and O–H groups in total. The minimum absolute atomic E-state index is 0.0293. The lowest BCUT2D eigenvalue weighted by Gasteiger charge is -2.23. The van der Waals surface area contributed by atoms with Crippen molar-refractivity contribution in [3.8, 4) is 0 Å². The van der Waals surface area contributed by atoms with Gasteiger partial charge in [0.15, 0.2) is 10.9 Å². The molecular formula is C16H18N6O3S. The van der Waals surface area contributed by atoms with Crippen LogP contribution in [0.2, 0.25) is 0 Å². The number of aliphatic hydroxyl groups excluding tert-OH is 1. The van der Waals surface area contributed by atoms with E-state index in [4.69, 9.17) is 4.74 Å². The Morgan fingerprint density at radius 2 is 2.42 bits per heavy atom. The SMILES string of the molecule is COC(=O)c1cnc(Nc2nc(N3CCCC3CO)nn3cccc23)s1. The summed E-state index contributed by atoms with van der Waals surface area (Å²) in [5.41, 5.74) is 0.795. The van der Waals surface area contributed by atoms with E-state index in [0.717, 1.165) is 24.9 Å². The van der Waals surface area contributed by atoms with Crippen LogP contribution in [-0.4, -0.2) is 57.0 Å². The number of thiazole rings is 1. The average molecular weight is 374 g/mol. The zero-order valence-corrected chi connectivity index (χ0v) is 14.9. The standard InChI is InChI=1S/C16H18N6O3S/c1-25-14(24)12-8-17-16(26-12)19-13-11-5-3-7-22(11)20-15(18-13)21-6-2-4-10(21)9-23/h3,5,7-8,10,23H,2,4,6,9H2,1H3,(H,17,18,19,20). The Hall–Kier alpha value is -2.72. The molecule has 136 valence electrons. The monoisotopic (exact) mass is 374 g/mol. The maximum absolute atomic E-state index is 11.6. The summed E-state index contributed by atoms with van der Waals surface area (Å²) in [5, 5.41) is 17.8. The molecule has 4 rings (SSSR count). The number of aliphatic hydroxyl groups is 1. The summed E-state index contributed by atoms with van der Waals surface area (Å²) in [4.78, 5) is 22.9. The van der Waals surface area contributed by atoms with E-state index in [0.29, 0.717) is 21.8 Å². The van der Waals surface area contributed by atoms with Crippen molar-refractivity contribution in [2.75, 3.05) is 30.5 Å². The highest BCUT2D eigenvalue weighted by molar-refractivity contribution is 7.17. The third kappa shape index (κ3) is 2.97. The first-order valence-corrected chi connectivity index (χ1v) is 9.05. The van der Waals surface area contributed by atoms with E-state index in [9.17, 15) is 9.90 Å². The van der Waals surface area contributed by atoms with Crippen LogP contribution in [0.1, 0.15) is 22.5 Å². The van der Waals surface area contributed by atoms with Gasteiger partial charge in [-0.2, -0.15) is 4.98 Å². The summed E-state index contributed by atoms with van der Waals surface area (Å²) >= 11 is 1.19. The average Bonchev–Trinajstić information content (AvgIpc) is 3.40. The van der Waals surface area contributed by atoms with Gasteiger partial charge in [0.1, 0.15) is 10.4 Å². The first-order chi connectivity index (χ1) is 12.7. The maximum atomic E-state index is 11.6. The summed E-state index contributed by atoms with van der Waals surface area (Å²) < 4.78 is 6.45. The predicted molar refractivity (Wildman–Crippen MR) is 97.2 cm³/mol.